The van der Waals surface area contributed by atoms with E-state index < -0.39 is 17.8 Å². The molecule has 0 amide bonds. The lowest BCUT2D eigenvalue weighted by molar-refractivity contribution is -0.0530. The first-order valence-electron chi connectivity index (χ1n) is 6.01. The molecule has 0 bridgehead atoms. The van der Waals surface area contributed by atoms with E-state index in [0.29, 0.717) is 13.0 Å². The minimum absolute atomic E-state index is 0.0220. The van der Waals surface area contributed by atoms with Crippen LogP contribution in [0.5, 0.6) is 5.75 Å². The van der Waals surface area contributed by atoms with E-state index in [1.54, 1.807) is 0 Å². The van der Waals surface area contributed by atoms with Crippen LogP contribution in [-0.2, 0) is 5.92 Å². The van der Waals surface area contributed by atoms with Crippen LogP contribution in [0, 0.1) is 5.82 Å². The van der Waals surface area contributed by atoms with Gasteiger partial charge in [-0.1, -0.05) is 6.42 Å². The molecule has 2 rings (SSSR count). The average Bonchev–Trinajstić information content (AvgIpc) is 2.39. The fourth-order valence-electron chi connectivity index (χ4n) is 2.29. The van der Waals surface area contributed by atoms with Crippen LogP contribution in [0.1, 0.15) is 24.8 Å². The first-order valence-corrected chi connectivity index (χ1v) is 6.01. The summed E-state index contributed by atoms with van der Waals surface area (Å²) in [7, 11) is 1.31. The highest BCUT2D eigenvalue weighted by molar-refractivity contribution is 5.38. The molecule has 2 nitrogen and oxygen atoms in total. The van der Waals surface area contributed by atoms with Crippen LogP contribution in [-0.4, -0.2) is 19.7 Å². The Bertz CT molecular complexity index is 417. The third-order valence-electron chi connectivity index (χ3n) is 3.27. The third kappa shape index (κ3) is 2.46. The maximum absolute atomic E-state index is 14.4. The van der Waals surface area contributed by atoms with Crippen LogP contribution >= 0.6 is 0 Å². The number of rotatable bonds is 3. The van der Waals surface area contributed by atoms with Crippen molar-refractivity contribution in [2.24, 2.45) is 0 Å². The zero-order chi connectivity index (χ0) is 13.2. The highest BCUT2D eigenvalue weighted by Gasteiger charge is 2.44. The van der Waals surface area contributed by atoms with E-state index in [2.05, 4.69) is 5.32 Å². The van der Waals surface area contributed by atoms with Gasteiger partial charge < -0.3 is 10.1 Å². The highest BCUT2D eigenvalue weighted by Crippen LogP contribution is 2.40. The van der Waals surface area contributed by atoms with E-state index in [4.69, 9.17) is 4.74 Å². The van der Waals surface area contributed by atoms with Gasteiger partial charge in [-0.05, 0) is 37.6 Å². The van der Waals surface area contributed by atoms with E-state index in [9.17, 15) is 13.2 Å². The summed E-state index contributed by atoms with van der Waals surface area (Å²) in [6.07, 6.45) is 2.03. The second kappa shape index (κ2) is 5.18. The summed E-state index contributed by atoms with van der Waals surface area (Å²) in [5.41, 5.74) is -0.385. The summed E-state index contributed by atoms with van der Waals surface area (Å²) >= 11 is 0. The van der Waals surface area contributed by atoms with Crippen molar-refractivity contribution >= 4 is 0 Å². The smallest absolute Gasteiger partial charge is 0.291 e. The molecule has 1 N–H and O–H groups in total. The fraction of sp³-hybridized carbons (Fsp3) is 0.538. The Balaban J connectivity index is 2.35. The first kappa shape index (κ1) is 13.2. The molecule has 1 unspecified atom stereocenters. The zero-order valence-electron chi connectivity index (χ0n) is 10.2. The monoisotopic (exact) mass is 259 g/mol. The topological polar surface area (TPSA) is 21.3 Å². The Kier molecular flexibility index (Phi) is 3.80. The maximum atomic E-state index is 14.4. The van der Waals surface area contributed by atoms with Gasteiger partial charge in [0.05, 0.1) is 18.7 Å². The molecule has 1 aromatic carbocycles. The van der Waals surface area contributed by atoms with Crippen molar-refractivity contribution in [2.75, 3.05) is 13.7 Å². The van der Waals surface area contributed by atoms with Crippen molar-refractivity contribution in [1.82, 2.24) is 5.32 Å². The van der Waals surface area contributed by atoms with Crippen LogP contribution in [0.2, 0.25) is 0 Å². The number of halogens is 3. The number of methoxy groups -OCH3 is 1. The zero-order valence-corrected chi connectivity index (χ0v) is 10.2. The Hall–Kier alpha value is -1.23. The van der Waals surface area contributed by atoms with Crippen molar-refractivity contribution in [3.05, 3.63) is 29.6 Å². The van der Waals surface area contributed by atoms with Crippen LogP contribution in [0.25, 0.3) is 0 Å². The highest BCUT2D eigenvalue weighted by atomic mass is 19.3. The van der Waals surface area contributed by atoms with E-state index in [1.165, 1.54) is 13.2 Å². The molecule has 1 atom stereocenters. The number of alkyl halides is 2. The molecule has 1 aliphatic rings. The molecule has 0 aromatic heterocycles. The van der Waals surface area contributed by atoms with E-state index in [-0.39, 0.29) is 11.3 Å². The molecule has 0 saturated carbocycles. The van der Waals surface area contributed by atoms with Crippen molar-refractivity contribution in [2.45, 2.75) is 31.2 Å². The Morgan fingerprint density at radius 2 is 2.11 bits per heavy atom. The summed E-state index contributed by atoms with van der Waals surface area (Å²) in [5.74, 6) is -3.79. The lowest BCUT2D eigenvalue weighted by Gasteiger charge is -2.32. The van der Waals surface area contributed by atoms with Gasteiger partial charge in [0.25, 0.3) is 5.92 Å². The molecule has 18 heavy (non-hydrogen) atoms. The fourth-order valence-corrected chi connectivity index (χ4v) is 2.29. The van der Waals surface area contributed by atoms with Crippen molar-refractivity contribution in [3.8, 4) is 5.75 Å². The van der Waals surface area contributed by atoms with Gasteiger partial charge in [0.1, 0.15) is 11.6 Å². The van der Waals surface area contributed by atoms with Gasteiger partial charge >= 0.3 is 0 Å². The molecule has 0 spiro atoms. The normalized spacial score (nSPS) is 20.8. The number of hydrogen-bond donors (Lipinski definition) is 1. The van der Waals surface area contributed by atoms with Crippen molar-refractivity contribution < 1.29 is 17.9 Å². The second-order valence-electron chi connectivity index (χ2n) is 4.47. The third-order valence-corrected chi connectivity index (χ3v) is 3.27. The van der Waals surface area contributed by atoms with E-state index >= 15 is 0 Å². The molecule has 0 aliphatic carbocycles. The molecule has 5 heteroatoms. The van der Waals surface area contributed by atoms with Crippen LogP contribution in [0.4, 0.5) is 13.2 Å². The van der Waals surface area contributed by atoms with Gasteiger partial charge in [-0.25, -0.2) is 4.39 Å². The SMILES string of the molecule is COc1ccc(F)cc1C(F)(F)C1CCCCN1. The van der Waals surface area contributed by atoms with E-state index in [0.717, 1.165) is 25.0 Å². The van der Waals surface area contributed by atoms with Crippen LogP contribution < -0.4 is 10.1 Å². The molecule has 1 aliphatic heterocycles. The number of ether oxygens (including phenoxy) is 1. The summed E-state index contributed by atoms with van der Waals surface area (Å²) < 4.78 is 46.8. The van der Waals surface area contributed by atoms with Gasteiger partial charge in [0, 0.05) is 0 Å². The van der Waals surface area contributed by atoms with Crippen molar-refractivity contribution in [3.63, 3.8) is 0 Å². The molecule has 1 saturated heterocycles. The van der Waals surface area contributed by atoms with Gasteiger partial charge in [-0.3, -0.25) is 0 Å². The average molecular weight is 259 g/mol. The molecule has 1 fully saturated rings. The lowest BCUT2D eigenvalue weighted by Crippen LogP contribution is -2.46. The number of hydrogen-bond acceptors (Lipinski definition) is 2. The molecular weight excluding hydrogens is 243 g/mol. The Morgan fingerprint density at radius 3 is 2.72 bits per heavy atom. The molecule has 0 radical (unpaired) electrons. The summed E-state index contributed by atoms with van der Waals surface area (Å²) in [6, 6.07) is 2.26. The van der Waals surface area contributed by atoms with Gasteiger partial charge in [-0.2, -0.15) is 8.78 Å². The molecule has 1 aromatic rings. The lowest BCUT2D eigenvalue weighted by atomic mass is 9.93. The Morgan fingerprint density at radius 1 is 1.33 bits per heavy atom. The van der Waals surface area contributed by atoms with Crippen LogP contribution in [0.3, 0.4) is 0 Å². The molecular formula is C13H16F3NO. The number of nitrogens with one attached hydrogen (secondary N) is 1. The predicted octanol–water partition coefficient (Wildman–Crippen LogP) is 3.07. The van der Waals surface area contributed by atoms with Gasteiger partial charge in [0.15, 0.2) is 0 Å². The molecule has 1 heterocycles. The standard InChI is InChI=1S/C13H16F3NO/c1-18-11-6-5-9(14)8-10(11)13(15,16)12-4-2-3-7-17-12/h5-6,8,12,17H,2-4,7H2,1H3. The quantitative estimate of drug-likeness (QED) is 0.900. The van der Waals surface area contributed by atoms with Gasteiger partial charge in [-0.15, -0.1) is 0 Å². The largest absolute Gasteiger partial charge is 0.496 e. The minimum atomic E-state index is -3.13. The molecule has 100 valence electrons. The second-order valence-corrected chi connectivity index (χ2v) is 4.47. The number of piperidine rings is 1. The van der Waals surface area contributed by atoms with Gasteiger partial charge in [0.2, 0.25) is 0 Å². The summed E-state index contributed by atoms with van der Waals surface area (Å²) in [4.78, 5) is 0. The van der Waals surface area contributed by atoms with Crippen LogP contribution in [0.15, 0.2) is 18.2 Å². The Labute approximate surface area is 104 Å². The predicted molar refractivity (Wildman–Crippen MR) is 62.5 cm³/mol. The van der Waals surface area contributed by atoms with E-state index in [1.807, 2.05) is 0 Å². The maximum Gasteiger partial charge on any atom is 0.291 e. The minimum Gasteiger partial charge on any atom is -0.496 e. The van der Waals surface area contributed by atoms with Crippen molar-refractivity contribution in [1.29, 1.82) is 0 Å². The first-order chi connectivity index (χ1) is 8.55. The summed E-state index contributed by atoms with van der Waals surface area (Å²) in [6.45, 7) is 0.567. The number of benzene rings is 1. The summed E-state index contributed by atoms with van der Waals surface area (Å²) in [5, 5.41) is 2.80.